The smallest absolute Gasteiger partial charge is 0.411 e. The molecule has 3 aromatic rings. The number of anilines is 1. The van der Waals surface area contributed by atoms with Crippen LogP contribution >= 0.6 is 0 Å². The van der Waals surface area contributed by atoms with E-state index in [2.05, 4.69) is 11.9 Å². The van der Waals surface area contributed by atoms with E-state index in [-0.39, 0.29) is 6.61 Å². The maximum absolute atomic E-state index is 11.8. The van der Waals surface area contributed by atoms with Crippen molar-refractivity contribution < 1.29 is 14.3 Å². The van der Waals surface area contributed by atoms with Gasteiger partial charge in [-0.1, -0.05) is 61.2 Å². The Hall–Kier alpha value is -3.27. The van der Waals surface area contributed by atoms with E-state index >= 15 is 0 Å². The molecule has 0 bridgehead atoms. The number of amides is 1. The third-order valence-electron chi connectivity index (χ3n) is 3.72. The van der Waals surface area contributed by atoms with E-state index in [1.165, 1.54) is 6.08 Å². The van der Waals surface area contributed by atoms with Crippen molar-refractivity contribution in [2.45, 2.75) is 6.61 Å². The molecule has 0 saturated heterocycles. The molecule has 0 radical (unpaired) electrons. The molecule has 0 unspecified atom stereocenters. The molecule has 0 atom stereocenters. The van der Waals surface area contributed by atoms with Crippen LogP contribution in [0.4, 0.5) is 10.5 Å². The quantitative estimate of drug-likeness (QED) is 0.634. The number of ether oxygens (including phenoxy) is 2. The van der Waals surface area contributed by atoms with Gasteiger partial charge in [0.25, 0.3) is 0 Å². The normalized spacial score (nSPS) is 10.2. The highest BCUT2D eigenvalue weighted by molar-refractivity contribution is 6.01. The summed E-state index contributed by atoms with van der Waals surface area (Å²) in [6.45, 7) is 4.15. The summed E-state index contributed by atoms with van der Waals surface area (Å²) in [7, 11) is 0. The van der Waals surface area contributed by atoms with Crippen LogP contribution in [0, 0.1) is 0 Å². The Kier molecular flexibility index (Phi) is 5.32. The Balaban J connectivity index is 1.83. The van der Waals surface area contributed by atoms with Crippen LogP contribution in [0.15, 0.2) is 79.4 Å². The lowest BCUT2D eigenvalue weighted by atomic mass is 10.0. The van der Waals surface area contributed by atoms with Gasteiger partial charge in [0.15, 0.2) is 0 Å². The molecule has 0 spiro atoms. The second kappa shape index (κ2) is 8.02. The van der Waals surface area contributed by atoms with E-state index in [1.807, 2.05) is 66.7 Å². The maximum atomic E-state index is 11.8. The first-order valence-corrected chi connectivity index (χ1v) is 8.01. The van der Waals surface area contributed by atoms with E-state index in [0.717, 1.165) is 22.1 Å². The predicted octanol–water partition coefficient (Wildman–Crippen LogP) is 5.15. The van der Waals surface area contributed by atoms with E-state index in [0.29, 0.717) is 12.3 Å². The largest absolute Gasteiger partial charge is 0.489 e. The van der Waals surface area contributed by atoms with Gasteiger partial charge in [-0.2, -0.15) is 0 Å². The number of para-hydroxylation sites is 1. The maximum Gasteiger partial charge on any atom is 0.411 e. The van der Waals surface area contributed by atoms with Gasteiger partial charge >= 0.3 is 6.09 Å². The molecule has 0 aliphatic carbocycles. The summed E-state index contributed by atoms with van der Waals surface area (Å²) in [4.78, 5) is 11.8. The van der Waals surface area contributed by atoms with Crippen molar-refractivity contribution in [2.24, 2.45) is 0 Å². The van der Waals surface area contributed by atoms with Crippen LogP contribution in [0.1, 0.15) is 5.56 Å². The van der Waals surface area contributed by atoms with Crippen LogP contribution < -0.4 is 10.1 Å². The average Bonchev–Trinajstić information content (AvgIpc) is 2.66. The molecule has 1 amide bonds. The molecule has 0 aromatic heterocycles. The molecule has 4 heteroatoms. The van der Waals surface area contributed by atoms with Gasteiger partial charge in [-0.15, -0.1) is 0 Å². The predicted molar refractivity (Wildman–Crippen MR) is 99.9 cm³/mol. The van der Waals surface area contributed by atoms with Crippen LogP contribution in [-0.2, 0) is 11.3 Å². The van der Waals surface area contributed by atoms with Crippen LogP contribution in [0.3, 0.4) is 0 Å². The van der Waals surface area contributed by atoms with Crippen molar-refractivity contribution in [1.29, 1.82) is 0 Å². The van der Waals surface area contributed by atoms with Crippen molar-refractivity contribution in [2.75, 3.05) is 11.9 Å². The molecule has 0 heterocycles. The Morgan fingerprint density at radius 3 is 2.44 bits per heavy atom. The fourth-order valence-corrected chi connectivity index (χ4v) is 2.55. The zero-order valence-corrected chi connectivity index (χ0v) is 13.8. The van der Waals surface area contributed by atoms with Gasteiger partial charge in [0.2, 0.25) is 0 Å². The highest BCUT2D eigenvalue weighted by atomic mass is 16.5. The molecule has 0 aliphatic rings. The summed E-state index contributed by atoms with van der Waals surface area (Å²) in [5, 5.41) is 4.74. The minimum absolute atomic E-state index is 0.173. The monoisotopic (exact) mass is 333 g/mol. The second-order valence-corrected chi connectivity index (χ2v) is 5.43. The van der Waals surface area contributed by atoms with Crippen molar-refractivity contribution in [3.63, 3.8) is 0 Å². The average molecular weight is 333 g/mol. The summed E-state index contributed by atoms with van der Waals surface area (Å²) in [5.41, 5.74) is 1.75. The number of fused-ring (bicyclic) bond motifs is 1. The van der Waals surface area contributed by atoms with E-state index in [1.54, 1.807) is 0 Å². The highest BCUT2D eigenvalue weighted by Gasteiger charge is 2.09. The van der Waals surface area contributed by atoms with Gasteiger partial charge in [-0.3, -0.25) is 5.32 Å². The first kappa shape index (κ1) is 16.6. The van der Waals surface area contributed by atoms with E-state index < -0.39 is 6.09 Å². The molecule has 0 fully saturated rings. The van der Waals surface area contributed by atoms with Crippen LogP contribution in [0.2, 0.25) is 0 Å². The number of hydrogen-bond acceptors (Lipinski definition) is 3. The number of rotatable bonds is 6. The molecule has 4 nitrogen and oxygen atoms in total. The third kappa shape index (κ3) is 4.18. The molecular weight excluding hydrogens is 314 g/mol. The van der Waals surface area contributed by atoms with E-state index in [9.17, 15) is 4.79 Å². The lowest BCUT2D eigenvalue weighted by Gasteiger charge is -2.13. The number of carbonyl (C=O) groups excluding carboxylic acids is 1. The van der Waals surface area contributed by atoms with Crippen LogP contribution in [-0.4, -0.2) is 12.7 Å². The van der Waals surface area contributed by atoms with Crippen molar-refractivity contribution in [3.8, 4) is 5.75 Å². The minimum Gasteiger partial charge on any atom is -0.489 e. The topological polar surface area (TPSA) is 47.6 Å². The van der Waals surface area contributed by atoms with Crippen molar-refractivity contribution in [3.05, 3.63) is 84.9 Å². The summed E-state index contributed by atoms with van der Waals surface area (Å²) >= 11 is 0. The Morgan fingerprint density at radius 1 is 0.960 bits per heavy atom. The highest BCUT2D eigenvalue weighted by Crippen LogP contribution is 2.27. The first-order valence-electron chi connectivity index (χ1n) is 8.01. The lowest BCUT2D eigenvalue weighted by Crippen LogP contribution is -2.14. The Morgan fingerprint density at radius 2 is 1.68 bits per heavy atom. The van der Waals surface area contributed by atoms with Gasteiger partial charge in [-0.05, 0) is 29.1 Å². The molecule has 0 aliphatic heterocycles. The minimum atomic E-state index is -0.502. The first-order chi connectivity index (χ1) is 12.3. The summed E-state index contributed by atoms with van der Waals surface area (Å²) < 4.78 is 10.8. The lowest BCUT2D eigenvalue weighted by molar-refractivity contribution is 0.174. The van der Waals surface area contributed by atoms with Gasteiger partial charge in [0.1, 0.15) is 19.0 Å². The number of benzene rings is 3. The van der Waals surface area contributed by atoms with Crippen LogP contribution in [0.25, 0.3) is 10.8 Å². The third-order valence-corrected chi connectivity index (χ3v) is 3.72. The number of carbonyl (C=O) groups is 1. The summed E-state index contributed by atoms with van der Waals surface area (Å²) in [5.74, 6) is 0.821. The van der Waals surface area contributed by atoms with Gasteiger partial charge in [0, 0.05) is 5.39 Å². The number of nitrogens with one attached hydrogen (secondary N) is 1. The zero-order chi connectivity index (χ0) is 17.5. The van der Waals surface area contributed by atoms with Crippen LogP contribution in [0.5, 0.6) is 5.75 Å². The summed E-state index contributed by atoms with van der Waals surface area (Å²) in [6.07, 6.45) is 1.03. The Labute approximate surface area is 146 Å². The van der Waals surface area contributed by atoms with Crippen molar-refractivity contribution >= 4 is 22.6 Å². The van der Waals surface area contributed by atoms with Crippen molar-refractivity contribution in [1.82, 2.24) is 0 Å². The van der Waals surface area contributed by atoms with Gasteiger partial charge in [-0.25, -0.2) is 4.79 Å². The van der Waals surface area contributed by atoms with Gasteiger partial charge < -0.3 is 9.47 Å². The SMILES string of the molecule is C=CCOC(=O)Nc1ccc(COc2ccccc2)c2ccccc12. The van der Waals surface area contributed by atoms with Gasteiger partial charge in [0.05, 0.1) is 5.69 Å². The zero-order valence-electron chi connectivity index (χ0n) is 13.8. The molecule has 3 aromatic carbocycles. The Bertz CT molecular complexity index is 875. The summed E-state index contributed by atoms with van der Waals surface area (Å²) in [6, 6.07) is 21.4. The molecule has 3 rings (SSSR count). The fraction of sp³-hybridized carbons (Fsp3) is 0.0952. The molecule has 126 valence electrons. The second-order valence-electron chi connectivity index (χ2n) is 5.43. The van der Waals surface area contributed by atoms with E-state index in [4.69, 9.17) is 9.47 Å². The number of hydrogen-bond donors (Lipinski definition) is 1. The molecule has 1 N–H and O–H groups in total. The molecule has 0 saturated carbocycles. The standard InChI is InChI=1S/C21H19NO3/c1-2-14-24-21(23)22-20-13-12-16(18-10-6-7-11-19(18)20)15-25-17-8-4-3-5-9-17/h2-13H,1,14-15H2,(H,22,23). The molecular formula is C21H19NO3. The fourth-order valence-electron chi connectivity index (χ4n) is 2.55. The molecule has 25 heavy (non-hydrogen) atoms.